The van der Waals surface area contributed by atoms with E-state index in [1.165, 1.54) is 12.8 Å². The lowest BCUT2D eigenvalue weighted by Crippen LogP contribution is -2.00. The van der Waals surface area contributed by atoms with Crippen molar-refractivity contribution in [2.45, 2.75) is 25.7 Å². The molecule has 0 amide bonds. The quantitative estimate of drug-likeness (QED) is 0.744. The van der Waals surface area contributed by atoms with E-state index in [4.69, 9.17) is 0 Å². The Kier molecular flexibility index (Phi) is 2.63. The van der Waals surface area contributed by atoms with Crippen LogP contribution >= 0.6 is 0 Å². The number of rotatable bonds is 4. The van der Waals surface area contributed by atoms with E-state index in [1.54, 1.807) is 6.20 Å². The van der Waals surface area contributed by atoms with Gasteiger partial charge in [-0.2, -0.15) is 0 Å². The van der Waals surface area contributed by atoms with Crippen LogP contribution in [0.5, 0.6) is 0 Å². The Balaban J connectivity index is 1.89. The van der Waals surface area contributed by atoms with E-state index in [9.17, 15) is 4.79 Å². The maximum Gasteiger partial charge on any atom is 0.163 e. The molecule has 0 N–H and O–H groups in total. The van der Waals surface area contributed by atoms with Crippen molar-refractivity contribution in [1.29, 1.82) is 0 Å². The summed E-state index contributed by atoms with van der Waals surface area (Å²) in [6.45, 7) is 0. The summed E-state index contributed by atoms with van der Waals surface area (Å²) in [7, 11) is 0. The summed E-state index contributed by atoms with van der Waals surface area (Å²) in [5.74, 6) is 1.07. The molecule has 0 unspecified atom stereocenters. The second-order valence-corrected chi connectivity index (χ2v) is 4.78. The van der Waals surface area contributed by atoms with E-state index in [0.29, 0.717) is 6.42 Å². The molecule has 3 rings (SSSR count). The topological polar surface area (TPSA) is 30.0 Å². The minimum atomic E-state index is 0.260. The zero-order chi connectivity index (χ0) is 11.7. The molecule has 1 aliphatic rings. The fourth-order valence-corrected chi connectivity index (χ4v) is 2.22. The maximum atomic E-state index is 12.2. The lowest BCUT2D eigenvalue weighted by Gasteiger charge is -2.04. The van der Waals surface area contributed by atoms with E-state index in [1.807, 2.05) is 30.3 Å². The Hall–Kier alpha value is -1.70. The van der Waals surface area contributed by atoms with Crippen molar-refractivity contribution in [3.05, 3.63) is 42.1 Å². The molecule has 0 radical (unpaired) electrons. The van der Waals surface area contributed by atoms with Crippen LogP contribution in [0.3, 0.4) is 0 Å². The third-order valence-corrected chi connectivity index (χ3v) is 3.42. The molecule has 1 saturated carbocycles. The van der Waals surface area contributed by atoms with Gasteiger partial charge in [0.1, 0.15) is 0 Å². The summed E-state index contributed by atoms with van der Waals surface area (Å²) >= 11 is 0. The van der Waals surface area contributed by atoms with Crippen LogP contribution in [-0.4, -0.2) is 10.8 Å². The van der Waals surface area contributed by atoms with Crippen molar-refractivity contribution in [1.82, 2.24) is 4.98 Å². The number of hydrogen-bond donors (Lipinski definition) is 0. The standard InChI is InChI=1S/C15H15NO/c17-15(9-8-11-6-7-11)13-3-1-5-14-12(13)4-2-10-16-14/h1-5,10-11H,6-9H2. The number of hydrogen-bond acceptors (Lipinski definition) is 2. The number of ketones is 1. The van der Waals surface area contributed by atoms with Crippen molar-refractivity contribution in [3.8, 4) is 0 Å². The van der Waals surface area contributed by atoms with E-state index in [-0.39, 0.29) is 5.78 Å². The highest BCUT2D eigenvalue weighted by atomic mass is 16.1. The normalized spacial score (nSPS) is 15.1. The van der Waals surface area contributed by atoms with Gasteiger partial charge in [0.05, 0.1) is 5.52 Å². The first kappa shape index (κ1) is 10.5. The summed E-state index contributed by atoms with van der Waals surface area (Å²) in [5.41, 5.74) is 1.74. The van der Waals surface area contributed by atoms with Crippen molar-refractivity contribution < 1.29 is 4.79 Å². The van der Waals surface area contributed by atoms with Crippen LogP contribution in [0, 0.1) is 5.92 Å². The zero-order valence-electron chi connectivity index (χ0n) is 9.73. The molecule has 1 heterocycles. The molecule has 1 fully saturated rings. The van der Waals surface area contributed by atoms with Gasteiger partial charge in [-0.3, -0.25) is 9.78 Å². The highest BCUT2D eigenvalue weighted by Crippen LogP contribution is 2.34. The third-order valence-electron chi connectivity index (χ3n) is 3.42. The van der Waals surface area contributed by atoms with Crippen molar-refractivity contribution in [3.63, 3.8) is 0 Å². The molecule has 0 saturated heterocycles. The number of aromatic nitrogens is 1. The number of pyridine rings is 1. The van der Waals surface area contributed by atoms with Gasteiger partial charge in [-0.15, -0.1) is 0 Å². The van der Waals surface area contributed by atoms with E-state index in [2.05, 4.69) is 4.98 Å². The van der Waals surface area contributed by atoms with Gasteiger partial charge in [-0.1, -0.05) is 31.0 Å². The second-order valence-electron chi connectivity index (χ2n) is 4.78. The average Bonchev–Trinajstić information content (AvgIpc) is 3.19. The molecular weight excluding hydrogens is 210 g/mol. The van der Waals surface area contributed by atoms with Crippen LogP contribution in [0.4, 0.5) is 0 Å². The highest BCUT2D eigenvalue weighted by molar-refractivity contribution is 6.07. The summed E-state index contributed by atoms with van der Waals surface area (Å²) in [6.07, 6.45) is 6.11. The SMILES string of the molecule is O=C(CCC1CC1)c1cccc2ncccc12. The molecule has 1 aliphatic carbocycles. The molecule has 0 spiro atoms. The zero-order valence-corrected chi connectivity index (χ0v) is 9.73. The predicted octanol–water partition coefficient (Wildman–Crippen LogP) is 3.61. The van der Waals surface area contributed by atoms with Crippen molar-refractivity contribution in [2.24, 2.45) is 5.92 Å². The molecule has 86 valence electrons. The first-order chi connectivity index (χ1) is 8.34. The lowest BCUT2D eigenvalue weighted by atomic mass is 10.0. The molecular formula is C15H15NO. The van der Waals surface area contributed by atoms with Gasteiger partial charge in [-0.05, 0) is 24.5 Å². The van der Waals surface area contributed by atoms with Crippen LogP contribution in [0.25, 0.3) is 10.9 Å². The highest BCUT2D eigenvalue weighted by Gasteiger charge is 2.22. The predicted molar refractivity (Wildman–Crippen MR) is 68.0 cm³/mol. The van der Waals surface area contributed by atoms with E-state index in [0.717, 1.165) is 28.8 Å². The van der Waals surface area contributed by atoms with Crippen molar-refractivity contribution >= 4 is 16.7 Å². The average molecular weight is 225 g/mol. The van der Waals surface area contributed by atoms with E-state index < -0.39 is 0 Å². The number of carbonyl (C=O) groups is 1. The molecule has 0 bridgehead atoms. The summed E-state index contributed by atoms with van der Waals surface area (Å²) < 4.78 is 0. The van der Waals surface area contributed by atoms with Gasteiger partial charge in [0, 0.05) is 23.6 Å². The van der Waals surface area contributed by atoms with Gasteiger partial charge in [-0.25, -0.2) is 0 Å². The first-order valence-corrected chi connectivity index (χ1v) is 6.21. The first-order valence-electron chi connectivity index (χ1n) is 6.21. The van der Waals surface area contributed by atoms with Crippen LogP contribution in [0.2, 0.25) is 0 Å². The number of Topliss-reactive ketones (excluding diaryl/α,β-unsaturated/α-hetero) is 1. The smallest absolute Gasteiger partial charge is 0.163 e. The second kappa shape index (κ2) is 4.28. The van der Waals surface area contributed by atoms with E-state index >= 15 is 0 Å². The molecule has 0 atom stereocenters. The molecule has 2 heteroatoms. The fraction of sp³-hybridized carbons (Fsp3) is 0.333. The van der Waals surface area contributed by atoms with Crippen LogP contribution in [-0.2, 0) is 0 Å². The van der Waals surface area contributed by atoms with Gasteiger partial charge >= 0.3 is 0 Å². The summed E-state index contributed by atoms with van der Waals surface area (Å²) in [4.78, 5) is 16.4. The minimum Gasteiger partial charge on any atom is -0.294 e. The molecule has 2 aromatic rings. The third kappa shape index (κ3) is 2.21. The molecule has 1 aromatic heterocycles. The fourth-order valence-electron chi connectivity index (χ4n) is 2.22. The summed E-state index contributed by atoms with van der Waals surface area (Å²) in [6, 6.07) is 9.65. The number of fused-ring (bicyclic) bond motifs is 1. The van der Waals surface area contributed by atoms with Gasteiger partial charge in [0.25, 0.3) is 0 Å². The Labute approximate surface area is 101 Å². The van der Waals surface area contributed by atoms with Gasteiger partial charge in [0.2, 0.25) is 0 Å². The van der Waals surface area contributed by atoms with Crippen LogP contribution in [0.1, 0.15) is 36.0 Å². The summed E-state index contributed by atoms with van der Waals surface area (Å²) in [5, 5.41) is 0.982. The number of nitrogens with zero attached hydrogens (tertiary/aromatic N) is 1. The Morgan fingerprint density at radius 3 is 2.94 bits per heavy atom. The molecule has 17 heavy (non-hydrogen) atoms. The lowest BCUT2D eigenvalue weighted by molar-refractivity contribution is 0.0979. The Morgan fingerprint density at radius 1 is 1.24 bits per heavy atom. The van der Waals surface area contributed by atoms with Gasteiger partial charge < -0.3 is 0 Å². The van der Waals surface area contributed by atoms with Crippen LogP contribution in [0.15, 0.2) is 36.5 Å². The molecule has 2 nitrogen and oxygen atoms in total. The Morgan fingerprint density at radius 2 is 2.12 bits per heavy atom. The molecule has 0 aliphatic heterocycles. The maximum absolute atomic E-state index is 12.2. The van der Waals surface area contributed by atoms with Crippen molar-refractivity contribution in [2.75, 3.05) is 0 Å². The monoisotopic (exact) mass is 225 g/mol. The number of carbonyl (C=O) groups excluding carboxylic acids is 1. The largest absolute Gasteiger partial charge is 0.294 e. The van der Waals surface area contributed by atoms with Gasteiger partial charge in [0.15, 0.2) is 5.78 Å². The Bertz CT molecular complexity index is 552. The minimum absolute atomic E-state index is 0.260. The number of benzene rings is 1. The molecule has 1 aromatic carbocycles. The van der Waals surface area contributed by atoms with Crippen LogP contribution < -0.4 is 0 Å².